The van der Waals surface area contributed by atoms with Crippen molar-refractivity contribution >= 4 is 35.0 Å². The van der Waals surface area contributed by atoms with Crippen molar-refractivity contribution in [3.05, 3.63) is 65.7 Å². The number of carbonyl (C=O) groups is 1. The van der Waals surface area contributed by atoms with E-state index in [9.17, 15) is 4.79 Å². The molecule has 3 aromatic rings. The summed E-state index contributed by atoms with van der Waals surface area (Å²) >= 11 is 7.31. The number of nitrogens with one attached hydrogen (secondary N) is 1. The van der Waals surface area contributed by atoms with Crippen molar-refractivity contribution in [1.29, 1.82) is 0 Å². The number of thioether (sulfide) groups is 1. The second-order valence-corrected chi connectivity index (χ2v) is 6.35. The van der Waals surface area contributed by atoms with Crippen LogP contribution in [0, 0.1) is 6.92 Å². The van der Waals surface area contributed by atoms with Crippen LogP contribution >= 0.6 is 23.4 Å². The van der Waals surface area contributed by atoms with Crippen LogP contribution in [-0.4, -0.2) is 26.2 Å². The minimum absolute atomic E-state index is 0.158. The van der Waals surface area contributed by atoms with Crippen LogP contribution in [0.1, 0.15) is 5.56 Å². The quantitative estimate of drug-likeness (QED) is 0.554. The number of amides is 1. The van der Waals surface area contributed by atoms with Crippen molar-refractivity contribution in [3.8, 4) is 5.69 Å². The highest BCUT2D eigenvalue weighted by Gasteiger charge is 2.11. The fourth-order valence-electron chi connectivity index (χ4n) is 2.21. The third-order valence-electron chi connectivity index (χ3n) is 3.35. The number of halogens is 1. The summed E-state index contributed by atoms with van der Waals surface area (Å²) in [6, 6.07) is 11.5. The van der Waals surface area contributed by atoms with Gasteiger partial charge in [0.1, 0.15) is 0 Å². The van der Waals surface area contributed by atoms with E-state index in [0.29, 0.717) is 5.69 Å². The van der Waals surface area contributed by atoms with Crippen molar-refractivity contribution in [2.24, 2.45) is 0 Å². The standard InChI is InChI=1S/C17H15ClN4OS/c1-12-5-2-3-7-14(12)22-10-9-20-17(22)24-11-15(23)21-13-6-4-8-19-16(13)18/h2-10H,11H2,1H3,(H,21,23). The predicted molar refractivity (Wildman–Crippen MR) is 96.9 cm³/mol. The number of aromatic nitrogens is 3. The van der Waals surface area contributed by atoms with Gasteiger partial charge in [-0.3, -0.25) is 9.36 Å². The lowest BCUT2D eigenvalue weighted by Crippen LogP contribution is -2.15. The Bertz CT molecular complexity index is 865. The Morgan fingerprint density at radius 3 is 2.83 bits per heavy atom. The molecule has 0 radical (unpaired) electrons. The van der Waals surface area contributed by atoms with Crippen LogP contribution in [-0.2, 0) is 4.79 Å². The van der Waals surface area contributed by atoms with Gasteiger partial charge in [0, 0.05) is 18.6 Å². The number of pyridine rings is 1. The number of anilines is 1. The SMILES string of the molecule is Cc1ccccc1-n1ccnc1SCC(=O)Nc1cccnc1Cl. The van der Waals surface area contributed by atoms with Crippen LogP contribution < -0.4 is 5.32 Å². The number of aryl methyl sites for hydroxylation is 1. The minimum Gasteiger partial charge on any atom is -0.323 e. The fraction of sp³-hybridized carbons (Fsp3) is 0.118. The summed E-state index contributed by atoms with van der Waals surface area (Å²) in [7, 11) is 0. The van der Waals surface area contributed by atoms with E-state index in [1.165, 1.54) is 11.8 Å². The molecule has 0 bridgehead atoms. The van der Waals surface area contributed by atoms with Gasteiger partial charge in [0.2, 0.25) is 5.91 Å². The van der Waals surface area contributed by atoms with E-state index in [1.807, 2.05) is 42.0 Å². The average molecular weight is 359 g/mol. The van der Waals surface area contributed by atoms with Gasteiger partial charge in [0.15, 0.2) is 10.3 Å². The molecule has 24 heavy (non-hydrogen) atoms. The average Bonchev–Trinajstić information content (AvgIpc) is 3.04. The van der Waals surface area contributed by atoms with Crippen molar-refractivity contribution < 1.29 is 4.79 Å². The monoisotopic (exact) mass is 358 g/mol. The van der Waals surface area contributed by atoms with E-state index in [0.717, 1.165) is 16.4 Å². The lowest BCUT2D eigenvalue weighted by Gasteiger charge is -2.10. The van der Waals surface area contributed by atoms with Gasteiger partial charge in [0.05, 0.1) is 17.1 Å². The molecular weight excluding hydrogens is 344 g/mol. The van der Waals surface area contributed by atoms with Crippen LogP contribution in [0.25, 0.3) is 5.69 Å². The molecule has 3 rings (SSSR count). The Labute approximate surface area is 149 Å². The van der Waals surface area contributed by atoms with Crippen molar-refractivity contribution in [2.75, 3.05) is 11.1 Å². The van der Waals surface area contributed by atoms with E-state index in [-0.39, 0.29) is 16.8 Å². The summed E-state index contributed by atoms with van der Waals surface area (Å²) in [5, 5.41) is 3.79. The summed E-state index contributed by atoms with van der Waals surface area (Å²) in [6.45, 7) is 2.04. The van der Waals surface area contributed by atoms with Gasteiger partial charge in [0.25, 0.3) is 0 Å². The van der Waals surface area contributed by atoms with E-state index in [2.05, 4.69) is 15.3 Å². The molecule has 0 saturated carbocycles. The Kier molecular flexibility index (Phi) is 5.17. The number of para-hydroxylation sites is 1. The number of hydrogen-bond donors (Lipinski definition) is 1. The molecule has 1 amide bonds. The molecule has 2 heterocycles. The van der Waals surface area contributed by atoms with Crippen LogP contribution in [0.15, 0.2) is 60.1 Å². The molecule has 0 unspecified atom stereocenters. The zero-order valence-electron chi connectivity index (χ0n) is 12.9. The lowest BCUT2D eigenvalue weighted by molar-refractivity contribution is -0.113. The Morgan fingerprint density at radius 1 is 1.21 bits per heavy atom. The molecule has 0 saturated heterocycles. The second kappa shape index (κ2) is 7.51. The first-order valence-electron chi connectivity index (χ1n) is 7.27. The van der Waals surface area contributed by atoms with E-state index in [1.54, 1.807) is 24.5 Å². The highest BCUT2D eigenvalue weighted by Crippen LogP contribution is 2.23. The first-order chi connectivity index (χ1) is 11.6. The zero-order valence-corrected chi connectivity index (χ0v) is 14.5. The normalized spacial score (nSPS) is 10.6. The van der Waals surface area contributed by atoms with Gasteiger partial charge >= 0.3 is 0 Å². The topological polar surface area (TPSA) is 59.8 Å². The number of benzene rings is 1. The van der Waals surface area contributed by atoms with Crippen molar-refractivity contribution in [2.45, 2.75) is 12.1 Å². The molecule has 1 N–H and O–H groups in total. The molecular formula is C17H15ClN4OS. The lowest BCUT2D eigenvalue weighted by atomic mass is 10.2. The molecule has 0 aliphatic carbocycles. The number of rotatable bonds is 5. The third kappa shape index (κ3) is 3.77. The molecule has 0 aliphatic heterocycles. The van der Waals surface area contributed by atoms with E-state index in [4.69, 9.17) is 11.6 Å². The molecule has 0 atom stereocenters. The molecule has 5 nitrogen and oxygen atoms in total. The maximum atomic E-state index is 12.1. The van der Waals surface area contributed by atoms with Gasteiger partial charge in [-0.2, -0.15) is 0 Å². The van der Waals surface area contributed by atoms with Crippen LogP contribution in [0.2, 0.25) is 5.15 Å². The van der Waals surface area contributed by atoms with Crippen LogP contribution in [0.5, 0.6) is 0 Å². The predicted octanol–water partition coefficient (Wildman–Crippen LogP) is 3.96. The van der Waals surface area contributed by atoms with E-state index < -0.39 is 0 Å². The molecule has 0 fully saturated rings. The Hall–Kier alpha value is -2.31. The highest BCUT2D eigenvalue weighted by atomic mass is 35.5. The Balaban J connectivity index is 1.68. The van der Waals surface area contributed by atoms with Gasteiger partial charge in [-0.1, -0.05) is 41.6 Å². The van der Waals surface area contributed by atoms with Crippen molar-refractivity contribution in [1.82, 2.24) is 14.5 Å². The number of imidazole rings is 1. The Morgan fingerprint density at radius 2 is 2.04 bits per heavy atom. The molecule has 122 valence electrons. The smallest absolute Gasteiger partial charge is 0.234 e. The maximum absolute atomic E-state index is 12.1. The summed E-state index contributed by atoms with van der Waals surface area (Å²) < 4.78 is 1.98. The molecule has 1 aromatic carbocycles. The maximum Gasteiger partial charge on any atom is 0.234 e. The largest absolute Gasteiger partial charge is 0.323 e. The fourth-order valence-corrected chi connectivity index (χ4v) is 3.14. The number of hydrogen-bond acceptors (Lipinski definition) is 4. The van der Waals surface area contributed by atoms with Crippen LogP contribution in [0.3, 0.4) is 0 Å². The van der Waals surface area contributed by atoms with E-state index >= 15 is 0 Å². The van der Waals surface area contributed by atoms with Gasteiger partial charge < -0.3 is 5.32 Å². The molecule has 7 heteroatoms. The van der Waals surface area contributed by atoms with Crippen LogP contribution in [0.4, 0.5) is 5.69 Å². The zero-order chi connectivity index (χ0) is 16.9. The van der Waals surface area contributed by atoms with Gasteiger partial charge in [-0.05, 0) is 30.7 Å². The summed E-state index contributed by atoms with van der Waals surface area (Å²) in [5.41, 5.74) is 2.70. The van der Waals surface area contributed by atoms with Gasteiger partial charge in [-0.15, -0.1) is 0 Å². The first kappa shape index (κ1) is 16.5. The summed E-state index contributed by atoms with van der Waals surface area (Å²) in [5.74, 6) is 0.0722. The minimum atomic E-state index is -0.158. The van der Waals surface area contributed by atoms with Crippen molar-refractivity contribution in [3.63, 3.8) is 0 Å². The highest BCUT2D eigenvalue weighted by molar-refractivity contribution is 7.99. The number of carbonyl (C=O) groups excluding carboxylic acids is 1. The third-order valence-corrected chi connectivity index (χ3v) is 4.62. The molecule has 2 aromatic heterocycles. The second-order valence-electron chi connectivity index (χ2n) is 5.04. The summed E-state index contributed by atoms with van der Waals surface area (Å²) in [6.07, 6.45) is 5.19. The van der Waals surface area contributed by atoms with Gasteiger partial charge in [-0.25, -0.2) is 9.97 Å². The molecule has 0 aliphatic rings. The molecule has 0 spiro atoms. The summed E-state index contributed by atoms with van der Waals surface area (Å²) in [4.78, 5) is 20.4. The number of nitrogens with zero attached hydrogens (tertiary/aromatic N) is 3. The first-order valence-corrected chi connectivity index (χ1v) is 8.64.